The second kappa shape index (κ2) is 7.69. The van der Waals surface area contributed by atoms with Crippen LogP contribution in [-0.4, -0.2) is 56.6 Å². The summed E-state index contributed by atoms with van der Waals surface area (Å²) in [5.41, 5.74) is 2.47. The zero-order valence-corrected chi connectivity index (χ0v) is 18.5. The van der Waals surface area contributed by atoms with Gasteiger partial charge in [0.15, 0.2) is 28.8 Å². The molecule has 3 atom stereocenters. The molecule has 8 nitrogen and oxygen atoms in total. The Hall–Kier alpha value is -2.84. The highest BCUT2D eigenvalue weighted by atomic mass is 16.8. The number of methoxy groups -OCH3 is 4. The normalized spacial score (nSPS) is 23.6. The van der Waals surface area contributed by atoms with Gasteiger partial charge in [0.1, 0.15) is 0 Å². The minimum atomic E-state index is -0.778. The monoisotopic (exact) mass is 432 g/mol. The van der Waals surface area contributed by atoms with E-state index in [9.17, 15) is 10.2 Å². The van der Waals surface area contributed by atoms with Crippen molar-refractivity contribution >= 4 is 0 Å². The Morgan fingerprint density at radius 2 is 1.42 bits per heavy atom. The highest BCUT2D eigenvalue weighted by molar-refractivity contribution is 5.64. The standard InChI is InChI=1S/C23H28O8/c1-23(2)30-16-10-12-9-15(28-5)20(25)22(29-6)18(12)17(21(16)31-23)11-7-13(26-3)19(24)14(8-11)27-4/h7-9,16-17,21,24-25H,10H2,1-6H3/t16-,17+,21+/m0/s1. The molecule has 1 aliphatic carbocycles. The van der Waals surface area contributed by atoms with Gasteiger partial charge in [-0.1, -0.05) is 0 Å². The molecule has 1 heterocycles. The van der Waals surface area contributed by atoms with Crippen LogP contribution in [-0.2, 0) is 15.9 Å². The molecule has 2 aliphatic rings. The number of benzene rings is 2. The van der Waals surface area contributed by atoms with Crippen molar-refractivity contribution in [1.29, 1.82) is 0 Å². The molecule has 2 aromatic carbocycles. The van der Waals surface area contributed by atoms with E-state index in [4.69, 9.17) is 28.4 Å². The molecule has 2 aromatic rings. The van der Waals surface area contributed by atoms with E-state index >= 15 is 0 Å². The lowest BCUT2D eigenvalue weighted by Crippen LogP contribution is -2.37. The molecular weight excluding hydrogens is 404 g/mol. The van der Waals surface area contributed by atoms with Crippen LogP contribution < -0.4 is 18.9 Å². The molecule has 0 radical (unpaired) electrons. The highest BCUT2D eigenvalue weighted by Crippen LogP contribution is 2.54. The van der Waals surface area contributed by atoms with Gasteiger partial charge in [-0.05, 0) is 43.2 Å². The number of phenols is 2. The summed E-state index contributed by atoms with van der Waals surface area (Å²) in [6.07, 6.45) is -0.0142. The number of phenolic OH excluding ortho intramolecular Hbond substituents is 2. The Bertz CT molecular complexity index is 975. The van der Waals surface area contributed by atoms with E-state index in [2.05, 4.69) is 0 Å². The predicted molar refractivity (Wildman–Crippen MR) is 112 cm³/mol. The molecule has 0 bridgehead atoms. The molecule has 31 heavy (non-hydrogen) atoms. The van der Waals surface area contributed by atoms with Crippen LogP contribution in [0.3, 0.4) is 0 Å². The van der Waals surface area contributed by atoms with Gasteiger partial charge in [0.2, 0.25) is 11.5 Å². The van der Waals surface area contributed by atoms with Crippen molar-refractivity contribution in [3.05, 3.63) is 34.9 Å². The molecule has 1 fully saturated rings. The maximum Gasteiger partial charge on any atom is 0.201 e. The third-order valence-electron chi connectivity index (χ3n) is 5.91. The lowest BCUT2D eigenvalue weighted by atomic mass is 9.74. The Balaban J connectivity index is 1.99. The van der Waals surface area contributed by atoms with E-state index in [1.54, 1.807) is 18.2 Å². The van der Waals surface area contributed by atoms with Crippen molar-refractivity contribution in [3.8, 4) is 34.5 Å². The van der Waals surface area contributed by atoms with E-state index in [-0.39, 0.29) is 41.1 Å². The number of hydrogen-bond donors (Lipinski definition) is 2. The first kappa shape index (κ1) is 21.4. The first-order valence-corrected chi connectivity index (χ1v) is 10.0. The van der Waals surface area contributed by atoms with Crippen LogP contribution in [0.15, 0.2) is 18.2 Å². The summed E-state index contributed by atoms with van der Waals surface area (Å²) in [5.74, 6) is -0.145. The molecule has 8 heteroatoms. The third-order valence-corrected chi connectivity index (χ3v) is 5.91. The molecule has 0 spiro atoms. The molecule has 1 saturated heterocycles. The van der Waals surface area contributed by atoms with E-state index in [1.165, 1.54) is 28.4 Å². The van der Waals surface area contributed by atoms with Crippen molar-refractivity contribution in [2.45, 2.75) is 44.2 Å². The number of fused-ring (bicyclic) bond motifs is 2. The maximum atomic E-state index is 10.8. The number of rotatable bonds is 5. The number of ether oxygens (including phenoxy) is 6. The predicted octanol–water partition coefficient (Wildman–Crippen LogP) is 3.34. The second-order valence-corrected chi connectivity index (χ2v) is 8.13. The van der Waals surface area contributed by atoms with Crippen molar-refractivity contribution in [2.24, 2.45) is 0 Å². The van der Waals surface area contributed by atoms with Crippen LogP contribution >= 0.6 is 0 Å². The average molecular weight is 432 g/mol. The summed E-state index contributed by atoms with van der Waals surface area (Å²) < 4.78 is 34.3. The van der Waals surface area contributed by atoms with E-state index < -0.39 is 5.79 Å². The van der Waals surface area contributed by atoms with Gasteiger partial charge >= 0.3 is 0 Å². The van der Waals surface area contributed by atoms with Gasteiger partial charge in [-0.15, -0.1) is 0 Å². The van der Waals surface area contributed by atoms with Crippen molar-refractivity contribution in [1.82, 2.24) is 0 Å². The zero-order valence-electron chi connectivity index (χ0n) is 18.5. The van der Waals surface area contributed by atoms with Crippen molar-refractivity contribution in [3.63, 3.8) is 0 Å². The van der Waals surface area contributed by atoms with Crippen molar-refractivity contribution < 1.29 is 38.6 Å². The molecule has 0 aromatic heterocycles. The SMILES string of the molecule is COc1cc([C@@H]2c3c(cc(OC)c(O)c3OC)C[C@@H]3OC(C)(C)O[C@@H]23)cc(OC)c1O. The Morgan fingerprint density at radius 3 is 1.97 bits per heavy atom. The van der Waals surface area contributed by atoms with Gasteiger partial charge in [0, 0.05) is 17.9 Å². The van der Waals surface area contributed by atoms with Gasteiger partial charge in [-0.3, -0.25) is 0 Å². The third kappa shape index (κ3) is 3.40. The van der Waals surface area contributed by atoms with E-state index in [0.717, 1.165) is 16.7 Å². The molecular formula is C23H28O8. The van der Waals surface area contributed by atoms with Gasteiger partial charge in [-0.2, -0.15) is 0 Å². The first-order chi connectivity index (χ1) is 14.7. The Labute approximate surface area is 181 Å². The van der Waals surface area contributed by atoms with Gasteiger partial charge in [-0.25, -0.2) is 0 Å². The lowest BCUT2D eigenvalue weighted by molar-refractivity contribution is -0.146. The van der Waals surface area contributed by atoms with Crippen LogP contribution in [0.5, 0.6) is 34.5 Å². The average Bonchev–Trinajstić information content (AvgIpc) is 3.05. The molecule has 0 saturated carbocycles. The van der Waals surface area contributed by atoms with Crippen LogP contribution in [0.4, 0.5) is 0 Å². The minimum Gasteiger partial charge on any atom is -0.502 e. The summed E-state index contributed by atoms with van der Waals surface area (Å²) in [6.45, 7) is 3.75. The molecule has 0 unspecified atom stereocenters. The molecule has 2 N–H and O–H groups in total. The maximum absolute atomic E-state index is 10.8. The number of aromatic hydroxyl groups is 2. The minimum absolute atomic E-state index is 0.0805. The largest absolute Gasteiger partial charge is 0.502 e. The van der Waals surface area contributed by atoms with E-state index in [1.807, 2.05) is 13.8 Å². The molecule has 168 valence electrons. The number of hydrogen-bond acceptors (Lipinski definition) is 8. The molecule has 4 rings (SSSR count). The fourth-order valence-electron chi connectivity index (χ4n) is 4.70. The van der Waals surface area contributed by atoms with Gasteiger partial charge in [0.05, 0.1) is 40.6 Å². The van der Waals surface area contributed by atoms with Gasteiger partial charge in [0.25, 0.3) is 0 Å². The van der Waals surface area contributed by atoms with Crippen LogP contribution in [0.2, 0.25) is 0 Å². The summed E-state index contributed by atoms with van der Waals surface area (Å²) in [7, 11) is 5.96. The smallest absolute Gasteiger partial charge is 0.201 e. The fraction of sp³-hybridized carbons (Fsp3) is 0.478. The summed E-state index contributed by atoms with van der Waals surface area (Å²) in [5, 5.41) is 21.2. The van der Waals surface area contributed by atoms with Crippen LogP contribution in [0, 0.1) is 0 Å². The van der Waals surface area contributed by atoms with Crippen LogP contribution in [0.25, 0.3) is 0 Å². The van der Waals surface area contributed by atoms with Crippen molar-refractivity contribution in [2.75, 3.05) is 28.4 Å². The topological polar surface area (TPSA) is 95.8 Å². The summed E-state index contributed by atoms with van der Waals surface area (Å²) in [6, 6.07) is 5.29. The molecule has 1 aliphatic heterocycles. The summed E-state index contributed by atoms with van der Waals surface area (Å²) >= 11 is 0. The zero-order chi connectivity index (χ0) is 22.5. The molecule has 0 amide bonds. The Morgan fingerprint density at radius 1 is 0.839 bits per heavy atom. The van der Waals surface area contributed by atoms with E-state index in [0.29, 0.717) is 17.9 Å². The Kier molecular flexibility index (Phi) is 5.31. The lowest BCUT2D eigenvalue weighted by Gasteiger charge is -2.35. The highest BCUT2D eigenvalue weighted by Gasteiger charge is 2.51. The fourth-order valence-corrected chi connectivity index (χ4v) is 4.70. The second-order valence-electron chi connectivity index (χ2n) is 8.13. The quantitative estimate of drug-likeness (QED) is 0.743. The van der Waals surface area contributed by atoms with Gasteiger partial charge < -0.3 is 38.6 Å². The van der Waals surface area contributed by atoms with Crippen LogP contribution in [0.1, 0.15) is 36.5 Å². The first-order valence-electron chi connectivity index (χ1n) is 10.0. The summed E-state index contributed by atoms with van der Waals surface area (Å²) in [4.78, 5) is 0.